The van der Waals surface area contributed by atoms with Gasteiger partial charge in [-0.1, -0.05) is 24.3 Å². The van der Waals surface area contributed by atoms with Crippen molar-refractivity contribution in [1.29, 1.82) is 0 Å². The third-order valence-electron chi connectivity index (χ3n) is 4.66. The molecule has 4 nitrogen and oxygen atoms in total. The minimum Gasteiger partial charge on any atom is -0.452 e. The monoisotopic (exact) mass is 337 g/mol. The smallest absolute Gasteiger partial charge is 0.338 e. The van der Waals surface area contributed by atoms with E-state index in [1.165, 1.54) is 17.5 Å². The zero-order chi connectivity index (χ0) is 17.8. The van der Waals surface area contributed by atoms with Gasteiger partial charge in [-0.15, -0.1) is 0 Å². The highest BCUT2D eigenvalue weighted by Gasteiger charge is 2.15. The van der Waals surface area contributed by atoms with Gasteiger partial charge in [-0.05, 0) is 73.9 Å². The van der Waals surface area contributed by atoms with E-state index in [2.05, 4.69) is 5.32 Å². The van der Waals surface area contributed by atoms with Crippen LogP contribution in [-0.4, -0.2) is 18.5 Å². The van der Waals surface area contributed by atoms with Crippen molar-refractivity contribution in [3.63, 3.8) is 0 Å². The molecule has 2 aromatic rings. The molecule has 0 heterocycles. The fourth-order valence-electron chi connectivity index (χ4n) is 3.26. The summed E-state index contributed by atoms with van der Waals surface area (Å²) >= 11 is 0. The van der Waals surface area contributed by atoms with E-state index >= 15 is 0 Å². The lowest BCUT2D eigenvalue weighted by molar-refractivity contribution is -0.119. The van der Waals surface area contributed by atoms with Crippen LogP contribution in [0.4, 0.5) is 5.69 Å². The fraction of sp³-hybridized carbons (Fsp3) is 0.333. The summed E-state index contributed by atoms with van der Waals surface area (Å²) in [5, 5.41) is 2.82. The third-order valence-corrected chi connectivity index (χ3v) is 4.66. The SMILES string of the molecule is Cc1cccc(C)c1NC(=O)COC(=O)c1ccc2c(c1)CCCC2. The maximum absolute atomic E-state index is 12.2. The molecule has 3 rings (SSSR count). The molecule has 0 unspecified atom stereocenters. The van der Waals surface area contributed by atoms with E-state index < -0.39 is 5.97 Å². The van der Waals surface area contributed by atoms with Gasteiger partial charge in [0.05, 0.1) is 5.56 Å². The largest absolute Gasteiger partial charge is 0.452 e. The number of carbonyl (C=O) groups is 2. The second kappa shape index (κ2) is 7.51. The summed E-state index contributed by atoms with van der Waals surface area (Å²) in [5.74, 6) is -0.784. The van der Waals surface area contributed by atoms with E-state index in [1.54, 1.807) is 6.07 Å². The number of rotatable bonds is 4. The molecule has 0 aromatic heterocycles. The summed E-state index contributed by atoms with van der Waals surface area (Å²) in [6.45, 7) is 3.58. The first kappa shape index (κ1) is 17.2. The number of carbonyl (C=O) groups excluding carboxylic acids is 2. The highest BCUT2D eigenvalue weighted by molar-refractivity contribution is 5.96. The number of amides is 1. The van der Waals surface area contributed by atoms with E-state index in [0.29, 0.717) is 5.56 Å². The number of ether oxygens (including phenoxy) is 1. The van der Waals surface area contributed by atoms with Crippen LogP contribution in [0.15, 0.2) is 36.4 Å². The number of aryl methyl sites for hydroxylation is 4. The molecule has 1 amide bonds. The normalized spacial score (nSPS) is 13.0. The molecular weight excluding hydrogens is 314 g/mol. The number of hydrogen-bond donors (Lipinski definition) is 1. The van der Waals surface area contributed by atoms with E-state index in [4.69, 9.17) is 4.74 Å². The Morgan fingerprint density at radius 3 is 2.40 bits per heavy atom. The molecule has 25 heavy (non-hydrogen) atoms. The molecule has 0 aliphatic heterocycles. The molecular formula is C21H23NO3. The maximum Gasteiger partial charge on any atom is 0.338 e. The minimum atomic E-state index is -0.454. The molecule has 4 heteroatoms. The lowest BCUT2D eigenvalue weighted by Gasteiger charge is -2.16. The molecule has 0 radical (unpaired) electrons. The van der Waals surface area contributed by atoms with Gasteiger partial charge in [0, 0.05) is 5.69 Å². The van der Waals surface area contributed by atoms with Crippen LogP contribution in [0.2, 0.25) is 0 Å². The lowest BCUT2D eigenvalue weighted by Crippen LogP contribution is -2.22. The summed E-state index contributed by atoms with van der Waals surface area (Å²) in [6.07, 6.45) is 4.44. The first-order chi connectivity index (χ1) is 12.0. The van der Waals surface area contributed by atoms with Crippen LogP contribution in [0.5, 0.6) is 0 Å². The highest BCUT2D eigenvalue weighted by Crippen LogP contribution is 2.23. The minimum absolute atomic E-state index is 0.288. The summed E-state index contributed by atoms with van der Waals surface area (Å²) in [4.78, 5) is 24.3. The third kappa shape index (κ3) is 4.08. The number of esters is 1. The molecule has 0 saturated heterocycles. The van der Waals surface area contributed by atoms with Gasteiger partial charge in [0.2, 0.25) is 0 Å². The number of hydrogen-bond acceptors (Lipinski definition) is 3. The average molecular weight is 337 g/mol. The van der Waals surface area contributed by atoms with E-state index in [1.807, 2.05) is 44.2 Å². The topological polar surface area (TPSA) is 55.4 Å². The van der Waals surface area contributed by atoms with E-state index in [9.17, 15) is 9.59 Å². The molecule has 2 aromatic carbocycles. The summed E-state index contributed by atoms with van der Waals surface area (Å²) in [7, 11) is 0. The second-order valence-electron chi connectivity index (χ2n) is 6.58. The Morgan fingerprint density at radius 2 is 1.68 bits per heavy atom. The van der Waals surface area contributed by atoms with Gasteiger partial charge in [0.25, 0.3) is 5.91 Å². The Kier molecular flexibility index (Phi) is 5.17. The number of fused-ring (bicyclic) bond motifs is 1. The Morgan fingerprint density at radius 1 is 1.00 bits per heavy atom. The van der Waals surface area contributed by atoms with Gasteiger partial charge < -0.3 is 10.1 Å². The van der Waals surface area contributed by atoms with Crippen LogP contribution in [0, 0.1) is 13.8 Å². The van der Waals surface area contributed by atoms with Crippen molar-refractivity contribution in [2.24, 2.45) is 0 Å². The van der Waals surface area contributed by atoms with Gasteiger partial charge in [-0.3, -0.25) is 4.79 Å². The van der Waals surface area contributed by atoms with Crippen molar-refractivity contribution in [2.45, 2.75) is 39.5 Å². The Hall–Kier alpha value is -2.62. The summed E-state index contributed by atoms with van der Waals surface area (Å²) in [5.41, 5.74) is 5.79. The van der Waals surface area contributed by atoms with Gasteiger partial charge in [0.1, 0.15) is 0 Å². The molecule has 0 saturated carbocycles. The van der Waals surface area contributed by atoms with Crippen molar-refractivity contribution in [2.75, 3.05) is 11.9 Å². The fourth-order valence-corrected chi connectivity index (χ4v) is 3.26. The van der Waals surface area contributed by atoms with Crippen LogP contribution in [-0.2, 0) is 22.4 Å². The number of anilines is 1. The van der Waals surface area contributed by atoms with Crippen LogP contribution in [0.25, 0.3) is 0 Å². The van der Waals surface area contributed by atoms with Gasteiger partial charge in [-0.2, -0.15) is 0 Å². The number of benzene rings is 2. The molecule has 0 atom stereocenters. The average Bonchev–Trinajstić information content (AvgIpc) is 2.62. The first-order valence-corrected chi connectivity index (χ1v) is 8.69. The van der Waals surface area contributed by atoms with Gasteiger partial charge >= 0.3 is 5.97 Å². The molecule has 130 valence electrons. The molecule has 1 aliphatic carbocycles. The molecule has 1 N–H and O–H groups in total. The molecule has 0 fully saturated rings. The Labute approximate surface area is 148 Å². The standard InChI is InChI=1S/C21H23NO3/c1-14-6-5-7-15(2)20(14)22-19(23)13-25-21(24)18-11-10-16-8-3-4-9-17(16)12-18/h5-7,10-12H,3-4,8-9,13H2,1-2H3,(H,22,23). The zero-order valence-electron chi connectivity index (χ0n) is 14.7. The van der Waals surface area contributed by atoms with Crippen LogP contribution in [0.3, 0.4) is 0 Å². The maximum atomic E-state index is 12.2. The molecule has 0 spiro atoms. The van der Waals surface area contributed by atoms with Crippen molar-refractivity contribution in [1.82, 2.24) is 0 Å². The first-order valence-electron chi connectivity index (χ1n) is 8.69. The van der Waals surface area contributed by atoms with E-state index in [-0.39, 0.29) is 12.5 Å². The van der Waals surface area contributed by atoms with Crippen molar-refractivity contribution < 1.29 is 14.3 Å². The molecule has 1 aliphatic rings. The predicted octanol–water partition coefficient (Wildman–Crippen LogP) is 3.98. The zero-order valence-corrected chi connectivity index (χ0v) is 14.7. The highest BCUT2D eigenvalue weighted by atomic mass is 16.5. The Bertz CT molecular complexity index is 791. The van der Waals surface area contributed by atoms with E-state index in [0.717, 1.165) is 36.1 Å². The van der Waals surface area contributed by atoms with Crippen molar-refractivity contribution >= 4 is 17.6 Å². The van der Waals surface area contributed by atoms with Crippen LogP contribution >= 0.6 is 0 Å². The lowest BCUT2D eigenvalue weighted by atomic mass is 9.90. The van der Waals surface area contributed by atoms with Crippen molar-refractivity contribution in [3.05, 3.63) is 64.2 Å². The quantitative estimate of drug-likeness (QED) is 0.859. The van der Waals surface area contributed by atoms with Crippen LogP contribution in [0.1, 0.15) is 45.5 Å². The Balaban J connectivity index is 1.59. The second-order valence-corrected chi connectivity index (χ2v) is 6.58. The van der Waals surface area contributed by atoms with Crippen LogP contribution < -0.4 is 5.32 Å². The number of nitrogens with one attached hydrogen (secondary N) is 1. The van der Waals surface area contributed by atoms with Crippen molar-refractivity contribution in [3.8, 4) is 0 Å². The predicted molar refractivity (Wildman–Crippen MR) is 97.9 cm³/mol. The summed E-state index contributed by atoms with van der Waals surface area (Å²) in [6, 6.07) is 11.5. The number of para-hydroxylation sites is 1. The summed E-state index contributed by atoms with van der Waals surface area (Å²) < 4.78 is 5.18. The molecule has 0 bridgehead atoms. The van der Waals surface area contributed by atoms with Gasteiger partial charge in [0.15, 0.2) is 6.61 Å². The van der Waals surface area contributed by atoms with Gasteiger partial charge in [-0.25, -0.2) is 4.79 Å².